The summed E-state index contributed by atoms with van der Waals surface area (Å²) in [7, 11) is -3.56. The van der Waals surface area contributed by atoms with E-state index in [1.807, 2.05) is 35.2 Å². The van der Waals surface area contributed by atoms with Crippen LogP contribution in [0.25, 0.3) is 0 Å². The smallest absolute Gasteiger partial charge is 0.246 e. The average Bonchev–Trinajstić information content (AvgIpc) is 2.75. The van der Waals surface area contributed by atoms with Gasteiger partial charge in [-0.2, -0.15) is 4.31 Å². The Labute approximate surface area is 167 Å². The highest BCUT2D eigenvalue weighted by atomic mass is 32.2. The highest BCUT2D eigenvalue weighted by Gasteiger charge is 2.37. The number of aromatic nitrogens is 1. The van der Waals surface area contributed by atoms with Gasteiger partial charge in [-0.25, -0.2) is 13.4 Å². The molecule has 0 saturated carbocycles. The van der Waals surface area contributed by atoms with E-state index in [9.17, 15) is 8.42 Å². The summed E-state index contributed by atoms with van der Waals surface area (Å²) >= 11 is 0. The molecule has 4 rings (SSSR count). The van der Waals surface area contributed by atoms with Crippen LogP contribution in [0.5, 0.6) is 0 Å². The molecule has 0 spiro atoms. The molecule has 1 atom stereocenters. The van der Waals surface area contributed by atoms with Gasteiger partial charge < -0.3 is 9.64 Å². The van der Waals surface area contributed by atoms with E-state index in [0.29, 0.717) is 43.5 Å². The molecule has 0 N–H and O–H groups in total. The zero-order valence-corrected chi connectivity index (χ0v) is 17.1. The molecular weight excluding hydrogens is 374 g/mol. The van der Waals surface area contributed by atoms with Gasteiger partial charge in [-0.1, -0.05) is 36.8 Å². The predicted octanol–water partition coefficient (Wildman–Crippen LogP) is 3.01. The zero-order chi connectivity index (χ0) is 19.6. The van der Waals surface area contributed by atoms with Crippen LogP contribution < -0.4 is 4.90 Å². The molecule has 2 aliphatic rings. The van der Waals surface area contributed by atoms with Crippen molar-refractivity contribution in [2.75, 3.05) is 37.7 Å². The Morgan fingerprint density at radius 1 is 1.00 bits per heavy atom. The second-order valence-corrected chi connectivity index (χ2v) is 9.56. The van der Waals surface area contributed by atoms with Crippen LogP contribution in [0, 0.1) is 0 Å². The summed E-state index contributed by atoms with van der Waals surface area (Å²) in [6.45, 7) is 4.91. The van der Waals surface area contributed by atoms with Crippen molar-refractivity contribution in [3.05, 3.63) is 54.2 Å². The molecule has 2 aromatic rings. The minimum atomic E-state index is -3.56. The molecule has 28 heavy (non-hydrogen) atoms. The monoisotopic (exact) mass is 401 g/mol. The Kier molecular flexibility index (Phi) is 5.40. The van der Waals surface area contributed by atoms with Gasteiger partial charge >= 0.3 is 0 Å². The number of ether oxygens (including phenoxy) is 1. The number of piperidine rings is 1. The quantitative estimate of drug-likeness (QED) is 0.788. The van der Waals surface area contributed by atoms with E-state index in [2.05, 4.69) is 11.9 Å². The Hall–Kier alpha value is -1.96. The highest BCUT2D eigenvalue weighted by Crippen LogP contribution is 2.34. The van der Waals surface area contributed by atoms with Gasteiger partial charge in [-0.15, -0.1) is 0 Å². The maximum absolute atomic E-state index is 13.3. The van der Waals surface area contributed by atoms with Crippen LogP contribution >= 0.6 is 0 Å². The number of sulfonamides is 1. The van der Waals surface area contributed by atoms with Crippen LogP contribution in [0.4, 0.5) is 5.82 Å². The number of benzene rings is 1. The van der Waals surface area contributed by atoms with Crippen molar-refractivity contribution < 1.29 is 13.2 Å². The average molecular weight is 402 g/mol. The fourth-order valence-electron chi connectivity index (χ4n) is 4.08. The first-order valence-corrected chi connectivity index (χ1v) is 11.3. The van der Waals surface area contributed by atoms with Crippen LogP contribution in [-0.4, -0.2) is 50.5 Å². The number of morpholine rings is 1. The van der Waals surface area contributed by atoms with Gasteiger partial charge in [0, 0.05) is 25.8 Å². The van der Waals surface area contributed by atoms with Gasteiger partial charge in [0.1, 0.15) is 16.3 Å². The summed E-state index contributed by atoms with van der Waals surface area (Å²) < 4.78 is 34.3. The Bertz CT molecular complexity index is 914. The zero-order valence-electron chi connectivity index (χ0n) is 16.3. The lowest BCUT2D eigenvalue weighted by molar-refractivity contribution is -0.0469. The minimum Gasteiger partial charge on any atom is -0.367 e. The lowest BCUT2D eigenvalue weighted by atomic mass is 9.94. The summed E-state index contributed by atoms with van der Waals surface area (Å²) in [5.74, 6) is 0.526. The van der Waals surface area contributed by atoms with Gasteiger partial charge in [-0.05, 0) is 37.5 Å². The second kappa shape index (κ2) is 7.81. The van der Waals surface area contributed by atoms with Gasteiger partial charge in [0.15, 0.2) is 0 Å². The van der Waals surface area contributed by atoms with Crippen molar-refractivity contribution in [2.24, 2.45) is 0 Å². The van der Waals surface area contributed by atoms with E-state index in [1.54, 1.807) is 22.6 Å². The molecule has 7 heteroatoms. The van der Waals surface area contributed by atoms with Crippen LogP contribution in [0.15, 0.2) is 53.6 Å². The molecule has 1 aromatic heterocycles. The number of rotatable bonds is 4. The van der Waals surface area contributed by atoms with E-state index >= 15 is 0 Å². The second-order valence-electron chi connectivity index (χ2n) is 7.66. The summed E-state index contributed by atoms with van der Waals surface area (Å²) in [6.07, 6.45) is 4.58. The van der Waals surface area contributed by atoms with Gasteiger partial charge in [-0.3, -0.25) is 0 Å². The van der Waals surface area contributed by atoms with Crippen LogP contribution in [0.3, 0.4) is 0 Å². The molecule has 0 radical (unpaired) electrons. The van der Waals surface area contributed by atoms with Gasteiger partial charge in [0.05, 0.1) is 13.2 Å². The molecule has 0 bridgehead atoms. The molecule has 150 valence electrons. The molecule has 1 unspecified atom stereocenters. The molecule has 1 aromatic carbocycles. The number of nitrogens with zero attached hydrogens (tertiary/aromatic N) is 3. The van der Waals surface area contributed by atoms with Crippen molar-refractivity contribution in [3.8, 4) is 0 Å². The number of hydrogen-bond donors (Lipinski definition) is 0. The van der Waals surface area contributed by atoms with Crippen LogP contribution in [0.1, 0.15) is 31.7 Å². The molecule has 2 fully saturated rings. The normalized spacial score (nSPS) is 24.2. The SMILES string of the molecule is CC1(c2ccccc2)CN(c2ncccc2S(=O)(=O)N2CCCCC2)CCO1. The Morgan fingerprint density at radius 2 is 1.75 bits per heavy atom. The molecule has 2 saturated heterocycles. The van der Waals surface area contributed by atoms with E-state index in [-0.39, 0.29) is 0 Å². The van der Waals surface area contributed by atoms with Crippen molar-refractivity contribution >= 4 is 15.8 Å². The van der Waals surface area contributed by atoms with E-state index in [1.165, 1.54) is 0 Å². The standard InChI is InChI=1S/C21H27N3O3S/c1-21(18-9-4-2-5-10-18)17-23(15-16-27-21)20-19(11-8-12-22-20)28(25,26)24-13-6-3-7-14-24/h2,4-5,8-12H,3,6-7,13-17H2,1H3. The van der Waals surface area contributed by atoms with Crippen molar-refractivity contribution in [3.63, 3.8) is 0 Å². The molecule has 0 aliphatic carbocycles. The lowest BCUT2D eigenvalue weighted by Crippen LogP contribution is -2.49. The van der Waals surface area contributed by atoms with E-state index in [0.717, 1.165) is 24.8 Å². The van der Waals surface area contributed by atoms with Crippen molar-refractivity contribution in [2.45, 2.75) is 36.7 Å². The number of anilines is 1. The Morgan fingerprint density at radius 3 is 2.50 bits per heavy atom. The first kappa shape index (κ1) is 19.4. The molecule has 3 heterocycles. The summed E-state index contributed by atoms with van der Waals surface area (Å²) in [4.78, 5) is 6.84. The third kappa shape index (κ3) is 3.66. The molecule has 6 nitrogen and oxygen atoms in total. The largest absolute Gasteiger partial charge is 0.367 e. The van der Waals surface area contributed by atoms with Crippen LogP contribution in [0.2, 0.25) is 0 Å². The maximum Gasteiger partial charge on any atom is 0.246 e. The first-order valence-electron chi connectivity index (χ1n) is 9.90. The van der Waals surface area contributed by atoms with E-state index in [4.69, 9.17) is 4.74 Å². The van der Waals surface area contributed by atoms with Crippen molar-refractivity contribution in [1.29, 1.82) is 0 Å². The topological polar surface area (TPSA) is 62.7 Å². The summed E-state index contributed by atoms with van der Waals surface area (Å²) in [6, 6.07) is 13.5. The minimum absolute atomic E-state index is 0.300. The maximum atomic E-state index is 13.3. The van der Waals surface area contributed by atoms with E-state index < -0.39 is 15.6 Å². The lowest BCUT2D eigenvalue weighted by Gasteiger charge is -2.42. The van der Waals surface area contributed by atoms with Crippen LogP contribution in [-0.2, 0) is 20.4 Å². The predicted molar refractivity (Wildman–Crippen MR) is 109 cm³/mol. The Balaban J connectivity index is 1.66. The number of hydrogen-bond acceptors (Lipinski definition) is 5. The summed E-state index contributed by atoms with van der Waals surface area (Å²) in [5, 5.41) is 0. The number of pyridine rings is 1. The molecule has 2 aliphatic heterocycles. The fraction of sp³-hybridized carbons (Fsp3) is 0.476. The molecular formula is C21H27N3O3S. The first-order chi connectivity index (χ1) is 13.5. The van der Waals surface area contributed by atoms with Crippen molar-refractivity contribution in [1.82, 2.24) is 9.29 Å². The third-order valence-electron chi connectivity index (χ3n) is 5.64. The fourth-order valence-corrected chi connectivity index (χ4v) is 5.76. The van der Waals surface area contributed by atoms with Gasteiger partial charge in [0.2, 0.25) is 10.0 Å². The third-order valence-corrected chi connectivity index (χ3v) is 7.56. The summed E-state index contributed by atoms with van der Waals surface area (Å²) in [5.41, 5.74) is 0.569. The van der Waals surface area contributed by atoms with Gasteiger partial charge in [0.25, 0.3) is 0 Å². The highest BCUT2D eigenvalue weighted by molar-refractivity contribution is 7.89. The molecule has 0 amide bonds.